The first kappa shape index (κ1) is 28.0. The Morgan fingerprint density at radius 2 is 1.25 bits per heavy atom. The molecule has 0 N–H and O–H groups in total. The molecule has 0 bridgehead atoms. The molecule has 0 aliphatic heterocycles. The van der Waals surface area contributed by atoms with E-state index >= 15 is 0 Å². The Morgan fingerprint density at radius 1 is 1.25 bits per heavy atom. The Balaban J connectivity index is 0. The van der Waals surface area contributed by atoms with E-state index in [1.54, 1.807) is 0 Å². The maximum Gasteiger partial charge on any atom is 2.00 e. The molecule has 0 aromatic heterocycles. The van der Waals surface area contributed by atoms with Crippen molar-refractivity contribution >= 4 is 55.1 Å². The molecular formula is H5AlCaCuW. The van der Waals surface area contributed by atoms with E-state index in [0.717, 1.165) is 0 Å². The van der Waals surface area contributed by atoms with E-state index < -0.39 is 0 Å². The quantitative estimate of drug-likeness (QED) is 0.485. The van der Waals surface area contributed by atoms with Crippen molar-refractivity contribution in [3.8, 4) is 0 Å². The minimum atomic E-state index is 0. The minimum Gasteiger partial charge on any atom is -1.00 e. The maximum atomic E-state index is 0. The van der Waals surface area contributed by atoms with Crippen LogP contribution in [0.15, 0.2) is 0 Å². The van der Waals surface area contributed by atoms with E-state index in [4.69, 9.17) is 0 Å². The van der Waals surface area contributed by atoms with Crippen molar-refractivity contribution in [2.45, 2.75) is 0 Å². The van der Waals surface area contributed by atoms with Crippen molar-refractivity contribution in [2.24, 2.45) is 0 Å². The van der Waals surface area contributed by atoms with Crippen LogP contribution in [0.5, 0.6) is 0 Å². The monoisotopic (exact) mass is 319 g/mol. The van der Waals surface area contributed by atoms with Crippen molar-refractivity contribution in [2.75, 3.05) is 0 Å². The molecule has 0 unspecified atom stereocenters. The van der Waals surface area contributed by atoms with Gasteiger partial charge in [0.1, 0.15) is 0 Å². The van der Waals surface area contributed by atoms with Crippen LogP contribution in [-0.4, -0.2) is 55.1 Å². The number of hydrogen-bond donors (Lipinski definition) is 0. The standard InChI is InChI=1S/Al.Ca.Cu.W.5H/q;+2;;;;;;2*-1. The number of rotatable bonds is 0. The van der Waals surface area contributed by atoms with E-state index in [-0.39, 0.29) is 96.1 Å². The summed E-state index contributed by atoms with van der Waals surface area (Å²) in [6.45, 7) is 0. The van der Waals surface area contributed by atoms with Gasteiger partial charge in [-0.1, -0.05) is 0 Å². The minimum absolute atomic E-state index is 0. The van der Waals surface area contributed by atoms with Gasteiger partial charge in [0.25, 0.3) is 0 Å². The molecule has 0 atom stereocenters. The Labute approximate surface area is 94.3 Å². The first-order chi connectivity index (χ1) is 0. The van der Waals surface area contributed by atoms with E-state index in [9.17, 15) is 0 Å². The first-order valence-corrected chi connectivity index (χ1v) is 0. The summed E-state index contributed by atoms with van der Waals surface area (Å²) in [5, 5.41) is 0. The summed E-state index contributed by atoms with van der Waals surface area (Å²) < 4.78 is 0. The molecule has 0 saturated carbocycles. The van der Waals surface area contributed by atoms with E-state index in [0.29, 0.717) is 0 Å². The zero-order chi connectivity index (χ0) is 0. The normalized spacial score (nSPS) is 0. The molecule has 4 heavy (non-hydrogen) atoms. The molecule has 0 fully saturated rings. The predicted octanol–water partition coefficient (Wildman–Crippen LogP) is -1.34. The van der Waals surface area contributed by atoms with Gasteiger partial charge in [-0.2, -0.15) is 0 Å². The van der Waals surface area contributed by atoms with Gasteiger partial charge in [0, 0.05) is 38.1 Å². The van der Waals surface area contributed by atoms with E-state index in [1.807, 2.05) is 0 Å². The van der Waals surface area contributed by atoms with Gasteiger partial charge in [0.2, 0.25) is 0 Å². The molecule has 0 nitrogen and oxygen atoms in total. The second-order valence-electron chi connectivity index (χ2n) is 0. The van der Waals surface area contributed by atoms with Crippen LogP contribution in [0, 0.1) is 0 Å². The third-order valence-electron chi connectivity index (χ3n) is 0. The van der Waals surface area contributed by atoms with Crippen LogP contribution in [-0.2, 0) is 38.1 Å². The second-order valence-corrected chi connectivity index (χ2v) is 0. The van der Waals surface area contributed by atoms with Gasteiger partial charge < -0.3 is 2.85 Å². The third kappa shape index (κ3) is 8.89. The largest absolute Gasteiger partial charge is 2.00 e. The topological polar surface area (TPSA) is 0 Å². The summed E-state index contributed by atoms with van der Waals surface area (Å²) in [4.78, 5) is 0. The molecule has 0 saturated heterocycles. The van der Waals surface area contributed by atoms with Gasteiger partial charge in [-0.3, -0.25) is 0 Å². The Kier molecular flexibility index (Phi) is 117. The Bertz CT molecular complexity index is 13.5. The summed E-state index contributed by atoms with van der Waals surface area (Å²) >= 11 is 0. The van der Waals surface area contributed by atoms with Crippen molar-refractivity contribution < 1.29 is 41.0 Å². The van der Waals surface area contributed by atoms with Gasteiger partial charge in [-0.25, -0.2) is 0 Å². The molecule has 0 aliphatic rings. The Morgan fingerprint density at radius 3 is 1.25 bits per heavy atom. The molecule has 27 valence electrons. The fourth-order valence-corrected chi connectivity index (χ4v) is 0. The molecule has 0 amide bonds. The summed E-state index contributed by atoms with van der Waals surface area (Å²) in [6, 6.07) is 0. The van der Waals surface area contributed by atoms with Crippen LogP contribution in [0.3, 0.4) is 0 Å². The van der Waals surface area contributed by atoms with Crippen molar-refractivity contribution in [1.29, 1.82) is 0 Å². The van der Waals surface area contributed by atoms with Crippen molar-refractivity contribution in [1.82, 2.24) is 0 Å². The van der Waals surface area contributed by atoms with Gasteiger partial charge >= 0.3 is 37.7 Å². The molecule has 0 rings (SSSR count). The average molecular weight is 319 g/mol. The fourth-order valence-electron chi connectivity index (χ4n) is 0. The second kappa shape index (κ2) is 16.7. The zero-order valence-corrected chi connectivity index (χ0v) is 7.50. The fraction of sp³-hybridized carbons (Fsp3) is 0. The van der Waals surface area contributed by atoms with Gasteiger partial charge in [0.15, 0.2) is 17.4 Å². The molecule has 0 spiro atoms. The summed E-state index contributed by atoms with van der Waals surface area (Å²) in [7, 11) is 0. The average Bonchev–Trinajstić information content (AvgIpc) is 0. The van der Waals surface area contributed by atoms with E-state index in [1.165, 1.54) is 0 Å². The van der Waals surface area contributed by atoms with Crippen LogP contribution in [0.4, 0.5) is 0 Å². The van der Waals surface area contributed by atoms with Crippen LogP contribution >= 0.6 is 0 Å². The van der Waals surface area contributed by atoms with Gasteiger partial charge in [-0.05, 0) is 0 Å². The zero-order valence-electron chi connectivity index (χ0n) is 3.42. The van der Waals surface area contributed by atoms with Crippen molar-refractivity contribution in [3.05, 3.63) is 0 Å². The first-order valence-electron chi connectivity index (χ1n) is 0. The van der Waals surface area contributed by atoms with E-state index in [2.05, 4.69) is 0 Å². The van der Waals surface area contributed by atoms with Crippen LogP contribution in [0.25, 0.3) is 0 Å². The molecule has 1 radical (unpaired) electrons. The predicted molar refractivity (Wildman–Crippen MR) is 17.9 cm³/mol. The van der Waals surface area contributed by atoms with Crippen LogP contribution in [0.2, 0.25) is 0 Å². The molecule has 4 heteroatoms. The van der Waals surface area contributed by atoms with Gasteiger partial charge in [0.05, 0.1) is 0 Å². The maximum absolute atomic E-state index is 0. The van der Waals surface area contributed by atoms with Gasteiger partial charge in [-0.15, -0.1) is 0 Å². The SMILES string of the molecule is [AlH3].[Ca+2].[Cu].[H-].[H-].[W]. The summed E-state index contributed by atoms with van der Waals surface area (Å²) in [5.41, 5.74) is 0. The Hall–Kier alpha value is 3.00. The molecular weight excluding hydrogens is 314 g/mol. The molecule has 0 aliphatic carbocycles. The van der Waals surface area contributed by atoms with Crippen LogP contribution in [0.1, 0.15) is 2.85 Å². The van der Waals surface area contributed by atoms with Crippen LogP contribution < -0.4 is 0 Å². The number of hydrogen-bond acceptors (Lipinski definition) is 0. The smallest absolute Gasteiger partial charge is 1.00 e. The molecule has 0 aromatic carbocycles. The summed E-state index contributed by atoms with van der Waals surface area (Å²) in [5.74, 6) is 0. The molecule has 0 heterocycles. The van der Waals surface area contributed by atoms with Crippen molar-refractivity contribution in [3.63, 3.8) is 0 Å². The molecule has 0 aromatic rings. The summed E-state index contributed by atoms with van der Waals surface area (Å²) in [6.07, 6.45) is 0. The third-order valence-corrected chi connectivity index (χ3v) is 0.